The largest absolute Gasteiger partial charge is 0.416 e. The van der Waals surface area contributed by atoms with Gasteiger partial charge in [0.05, 0.1) is 10.5 Å². The molecule has 0 aliphatic carbocycles. The highest BCUT2D eigenvalue weighted by molar-refractivity contribution is 7.98. The summed E-state index contributed by atoms with van der Waals surface area (Å²) in [5.41, 5.74) is -0.255. The van der Waals surface area contributed by atoms with Crippen LogP contribution in [0.3, 0.4) is 0 Å². The lowest BCUT2D eigenvalue weighted by Gasteiger charge is -2.35. The molecule has 0 bridgehead atoms. The van der Waals surface area contributed by atoms with E-state index in [4.69, 9.17) is 0 Å². The lowest BCUT2D eigenvalue weighted by Crippen LogP contribution is -2.48. The maximum absolute atomic E-state index is 12.9. The van der Waals surface area contributed by atoms with Crippen molar-refractivity contribution in [2.24, 2.45) is 0 Å². The summed E-state index contributed by atoms with van der Waals surface area (Å²) in [6.45, 7) is 1.12. The molecular formula is C18H19F3N2O2S2. The molecule has 1 aliphatic heterocycles. The Balaban J connectivity index is 1.71. The van der Waals surface area contributed by atoms with Crippen LogP contribution in [0, 0.1) is 0 Å². The van der Waals surface area contributed by atoms with Crippen LogP contribution in [0.5, 0.6) is 0 Å². The molecule has 0 radical (unpaired) electrons. The second-order valence-corrected chi connectivity index (χ2v) is 8.93. The van der Waals surface area contributed by atoms with E-state index in [-0.39, 0.29) is 18.0 Å². The lowest BCUT2D eigenvalue weighted by atomic mass is 10.1. The molecule has 27 heavy (non-hydrogen) atoms. The zero-order valence-electron chi connectivity index (χ0n) is 14.6. The average Bonchev–Trinajstić information content (AvgIpc) is 2.67. The van der Waals surface area contributed by atoms with Gasteiger partial charge in [0.15, 0.2) is 0 Å². The van der Waals surface area contributed by atoms with Crippen LogP contribution >= 0.6 is 11.8 Å². The SMILES string of the molecule is CSc1ccc(S(=O)(=O)N2CCN(c3cccc(C(F)(F)F)c3)CC2)cc1. The van der Waals surface area contributed by atoms with Gasteiger partial charge in [-0.1, -0.05) is 6.07 Å². The van der Waals surface area contributed by atoms with Crippen LogP contribution in [-0.4, -0.2) is 45.2 Å². The van der Waals surface area contributed by atoms with Crippen molar-refractivity contribution in [3.63, 3.8) is 0 Å². The van der Waals surface area contributed by atoms with Gasteiger partial charge in [-0.25, -0.2) is 8.42 Å². The minimum absolute atomic E-state index is 0.225. The number of rotatable bonds is 4. The van der Waals surface area contributed by atoms with Crippen molar-refractivity contribution in [2.75, 3.05) is 37.3 Å². The fourth-order valence-electron chi connectivity index (χ4n) is 2.96. The third-order valence-electron chi connectivity index (χ3n) is 4.47. The molecule has 0 aromatic heterocycles. The molecule has 0 amide bonds. The molecule has 0 atom stereocenters. The number of benzene rings is 2. The van der Waals surface area contributed by atoms with Crippen molar-refractivity contribution < 1.29 is 21.6 Å². The summed E-state index contributed by atoms with van der Waals surface area (Å²) in [7, 11) is -3.61. The monoisotopic (exact) mass is 416 g/mol. The summed E-state index contributed by atoms with van der Waals surface area (Å²) >= 11 is 1.53. The first-order valence-corrected chi connectivity index (χ1v) is 10.9. The quantitative estimate of drug-likeness (QED) is 0.708. The normalized spacial score (nSPS) is 16.5. The van der Waals surface area contributed by atoms with Gasteiger partial charge in [-0.15, -0.1) is 11.8 Å². The Labute approximate surface area is 161 Å². The molecule has 146 valence electrons. The molecule has 9 heteroatoms. The molecule has 1 heterocycles. The van der Waals surface area contributed by atoms with E-state index in [0.717, 1.165) is 17.0 Å². The summed E-state index contributed by atoms with van der Waals surface area (Å²) in [5, 5.41) is 0. The van der Waals surface area contributed by atoms with Crippen LogP contribution in [0.15, 0.2) is 58.3 Å². The highest BCUT2D eigenvalue weighted by Crippen LogP contribution is 2.32. The Bertz CT molecular complexity index is 892. The maximum Gasteiger partial charge on any atom is 0.416 e. The first kappa shape index (κ1) is 20.0. The number of nitrogens with zero attached hydrogens (tertiary/aromatic N) is 2. The van der Waals surface area contributed by atoms with Gasteiger partial charge in [0.2, 0.25) is 10.0 Å². The number of hydrogen-bond acceptors (Lipinski definition) is 4. The van der Waals surface area contributed by atoms with Crippen LogP contribution in [0.4, 0.5) is 18.9 Å². The predicted molar refractivity (Wildman–Crippen MR) is 101 cm³/mol. The molecule has 2 aromatic carbocycles. The molecule has 0 saturated carbocycles. The smallest absolute Gasteiger partial charge is 0.369 e. The molecule has 2 aromatic rings. The minimum Gasteiger partial charge on any atom is -0.369 e. The number of anilines is 1. The average molecular weight is 416 g/mol. The van der Waals surface area contributed by atoms with E-state index in [1.165, 1.54) is 22.1 Å². The van der Waals surface area contributed by atoms with Crippen molar-refractivity contribution in [1.82, 2.24) is 4.31 Å². The van der Waals surface area contributed by atoms with Gasteiger partial charge in [0.25, 0.3) is 0 Å². The summed E-state index contributed by atoms with van der Waals surface area (Å²) in [5.74, 6) is 0. The van der Waals surface area contributed by atoms with Crippen LogP contribution in [-0.2, 0) is 16.2 Å². The molecule has 0 N–H and O–H groups in total. The molecule has 4 nitrogen and oxygen atoms in total. The Morgan fingerprint density at radius 2 is 1.59 bits per heavy atom. The number of halogens is 3. The van der Waals surface area contributed by atoms with Gasteiger partial charge in [-0.2, -0.15) is 17.5 Å². The van der Waals surface area contributed by atoms with Gasteiger partial charge in [-0.3, -0.25) is 0 Å². The molecule has 0 spiro atoms. The van der Waals surface area contributed by atoms with Gasteiger partial charge in [0, 0.05) is 36.8 Å². The van der Waals surface area contributed by atoms with E-state index in [1.54, 1.807) is 35.2 Å². The van der Waals surface area contributed by atoms with E-state index in [0.29, 0.717) is 18.8 Å². The van der Waals surface area contributed by atoms with E-state index in [9.17, 15) is 21.6 Å². The van der Waals surface area contributed by atoms with E-state index in [1.807, 2.05) is 6.26 Å². The van der Waals surface area contributed by atoms with Gasteiger partial charge in [0.1, 0.15) is 0 Å². The Morgan fingerprint density at radius 1 is 0.963 bits per heavy atom. The zero-order chi connectivity index (χ0) is 19.7. The standard InChI is InChI=1S/C18H19F3N2O2S2/c1-26-16-5-7-17(8-6-16)27(24,25)23-11-9-22(10-12-23)15-4-2-3-14(13-15)18(19,20)21/h2-8,13H,9-12H2,1H3. The van der Waals surface area contributed by atoms with Gasteiger partial charge >= 0.3 is 6.18 Å². The number of thioether (sulfide) groups is 1. The number of hydrogen-bond donors (Lipinski definition) is 0. The van der Waals surface area contributed by atoms with Crippen LogP contribution in [0.25, 0.3) is 0 Å². The molecule has 1 aliphatic rings. The van der Waals surface area contributed by atoms with Crippen molar-refractivity contribution in [3.05, 3.63) is 54.1 Å². The van der Waals surface area contributed by atoms with Crippen molar-refractivity contribution in [1.29, 1.82) is 0 Å². The number of alkyl halides is 3. The molecule has 1 fully saturated rings. The van der Waals surface area contributed by atoms with Crippen LogP contribution < -0.4 is 4.90 Å². The fourth-order valence-corrected chi connectivity index (χ4v) is 4.79. The number of piperazine rings is 1. The molecule has 0 unspecified atom stereocenters. The van der Waals surface area contributed by atoms with Crippen molar-refractivity contribution >= 4 is 27.5 Å². The van der Waals surface area contributed by atoms with E-state index < -0.39 is 21.8 Å². The number of sulfonamides is 1. The van der Waals surface area contributed by atoms with Gasteiger partial charge < -0.3 is 4.90 Å². The van der Waals surface area contributed by atoms with E-state index >= 15 is 0 Å². The summed E-state index contributed by atoms with van der Waals surface area (Å²) in [6.07, 6.45) is -2.49. The maximum atomic E-state index is 12.9. The summed E-state index contributed by atoms with van der Waals surface area (Å²) in [4.78, 5) is 2.98. The van der Waals surface area contributed by atoms with Crippen LogP contribution in [0.2, 0.25) is 0 Å². The third kappa shape index (κ3) is 4.41. The van der Waals surface area contributed by atoms with Gasteiger partial charge in [-0.05, 0) is 48.7 Å². The highest BCUT2D eigenvalue weighted by atomic mass is 32.2. The molecular weight excluding hydrogens is 397 g/mol. The van der Waals surface area contributed by atoms with E-state index in [2.05, 4.69) is 0 Å². The summed E-state index contributed by atoms with van der Waals surface area (Å²) < 4.78 is 65.6. The highest BCUT2D eigenvalue weighted by Gasteiger charge is 2.32. The Hall–Kier alpha value is -1.71. The second-order valence-electron chi connectivity index (χ2n) is 6.11. The zero-order valence-corrected chi connectivity index (χ0v) is 16.2. The third-order valence-corrected chi connectivity index (χ3v) is 7.13. The Kier molecular flexibility index (Phi) is 5.73. The molecule has 3 rings (SSSR count). The first-order valence-electron chi connectivity index (χ1n) is 8.28. The van der Waals surface area contributed by atoms with Crippen molar-refractivity contribution in [3.8, 4) is 0 Å². The van der Waals surface area contributed by atoms with Crippen LogP contribution in [0.1, 0.15) is 5.56 Å². The first-order chi connectivity index (χ1) is 12.7. The summed E-state index contributed by atoms with van der Waals surface area (Å²) in [6, 6.07) is 11.8. The Morgan fingerprint density at radius 3 is 2.15 bits per heavy atom. The minimum atomic E-state index is -4.40. The van der Waals surface area contributed by atoms with Crippen molar-refractivity contribution in [2.45, 2.75) is 16.0 Å². The predicted octanol–water partition coefficient (Wildman–Crippen LogP) is 3.94. The lowest BCUT2D eigenvalue weighted by molar-refractivity contribution is -0.137. The fraction of sp³-hybridized carbons (Fsp3) is 0.333. The topological polar surface area (TPSA) is 40.6 Å². The second kappa shape index (κ2) is 7.73. The molecule has 1 saturated heterocycles.